The van der Waals surface area contributed by atoms with Crippen molar-refractivity contribution in [1.29, 1.82) is 5.41 Å². The van der Waals surface area contributed by atoms with Gasteiger partial charge in [-0.3, -0.25) is 9.59 Å². The van der Waals surface area contributed by atoms with Crippen LogP contribution in [0.25, 0.3) is 0 Å². The summed E-state index contributed by atoms with van der Waals surface area (Å²) in [5.74, 6) is 1.85. The van der Waals surface area contributed by atoms with Crippen molar-refractivity contribution in [3.05, 3.63) is 0 Å². The van der Waals surface area contributed by atoms with Crippen LogP contribution in [0.4, 0.5) is 0 Å². The summed E-state index contributed by atoms with van der Waals surface area (Å²) < 4.78 is 0. The minimum Gasteiger partial charge on any atom is -0.356 e. The van der Waals surface area contributed by atoms with E-state index in [2.05, 4.69) is 12.2 Å². The van der Waals surface area contributed by atoms with Gasteiger partial charge in [0.25, 0.3) is 0 Å². The van der Waals surface area contributed by atoms with Crippen molar-refractivity contribution >= 4 is 29.7 Å². The molecule has 0 radical (unpaired) electrons. The maximum Gasteiger partial charge on any atom is 0.220 e. The molecule has 1 unspecified atom stereocenters. The van der Waals surface area contributed by atoms with Gasteiger partial charge in [-0.15, -0.1) is 0 Å². The molecule has 0 bridgehead atoms. The van der Waals surface area contributed by atoms with Crippen molar-refractivity contribution in [2.75, 3.05) is 24.6 Å². The molecule has 0 rings (SSSR count). The van der Waals surface area contributed by atoms with E-state index in [1.165, 1.54) is 6.21 Å². The maximum atomic E-state index is 11.5. The van der Waals surface area contributed by atoms with Crippen LogP contribution in [0.15, 0.2) is 0 Å². The second-order valence-electron chi connectivity index (χ2n) is 4.70. The molecule has 0 saturated heterocycles. The van der Waals surface area contributed by atoms with Crippen molar-refractivity contribution < 1.29 is 9.59 Å². The summed E-state index contributed by atoms with van der Waals surface area (Å²) in [6.07, 6.45) is 4.42. The van der Waals surface area contributed by atoms with Crippen LogP contribution < -0.4 is 11.1 Å². The Kier molecular flexibility index (Phi) is 18.3. The fourth-order valence-electron chi connectivity index (χ4n) is 1.51. The van der Waals surface area contributed by atoms with E-state index in [4.69, 9.17) is 11.1 Å². The van der Waals surface area contributed by atoms with Crippen LogP contribution in [0.5, 0.6) is 0 Å². The second-order valence-corrected chi connectivity index (χ2v) is 5.85. The molecule has 124 valence electrons. The van der Waals surface area contributed by atoms with Crippen molar-refractivity contribution in [2.45, 2.75) is 46.5 Å². The Morgan fingerprint density at radius 1 is 1.43 bits per heavy atom. The van der Waals surface area contributed by atoms with Gasteiger partial charge in [0.2, 0.25) is 5.91 Å². The highest BCUT2D eigenvalue weighted by Crippen LogP contribution is 2.15. The van der Waals surface area contributed by atoms with Crippen molar-refractivity contribution in [2.24, 2.45) is 11.7 Å². The summed E-state index contributed by atoms with van der Waals surface area (Å²) in [5, 5.41) is 8.95. The molecular weight excluding hydrogens is 286 g/mol. The zero-order chi connectivity index (χ0) is 16.5. The highest BCUT2D eigenvalue weighted by Gasteiger charge is 2.15. The van der Waals surface area contributed by atoms with Gasteiger partial charge in [0, 0.05) is 36.9 Å². The number of rotatable bonds is 11. The summed E-state index contributed by atoms with van der Waals surface area (Å²) in [6.45, 7) is 6.73. The molecule has 0 heterocycles. The summed E-state index contributed by atoms with van der Waals surface area (Å²) in [4.78, 5) is 23.0. The quantitative estimate of drug-likeness (QED) is 0.402. The van der Waals surface area contributed by atoms with E-state index in [1.54, 1.807) is 25.6 Å². The molecule has 0 aromatic carbocycles. The number of hydrogen-bond acceptors (Lipinski definition) is 5. The maximum absolute atomic E-state index is 11.5. The molecule has 0 aromatic heterocycles. The number of ketones is 1. The Morgan fingerprint density at radius 2 is 2.05 bits per heavy atom. The Morgan fingerprint density at radius 3 is 2.52 bits per heavy atom. The van der Waals surface area contributed by atoms with E-state index in [0.717, 1.165) is 30.9 Å². The lowest BCUT2D eigenvalue weighted by Crippen LogP contribution is -2.26. The van der Waals surface area contributed by atoms with Crippen LogP contribution in [0.1, 0.15) is 46.5 Å². The van der Waals surface area contributed by atoms with E-state index in [-0.39, 0.29) is 17.6 Å². The molecule has 21 heavy (non-hydrogen) atoms. The first-order valence-electron chi connectivity index (χ1n) is 7.53. The predicted molar refractivity (Wildman–Crippen MR) is 92.2 cm³/mol. The van der Waals surface area contributed by atoms with Gasteiger partial charge in [0.1, 0.15) is 5.78 Å². The lowest BCUT2D eigenvalue weighted by atomic mass is 10.0. The molecule has 0 saturated carbocycles. The molecule has 1 atom stereocenters. The third kappa shape index (κ3) is 17.1. The van der Waals surface area contributed by atoms with Gasteiger partial charge in [-0.05, 0) is 32.9 Å². The molecule has 0 spiro atoms. The molecular formula is C15H31N3O2S. The van der Waals surface area contributed by atoms with Gasteiger partial charge >= 0.3 is 0 Å². The molecule has 4 N–H and O–H groups in total. The Labute approximate surface area is 133 Å². The number of amides is 1. The average molecular weight is 317 g/mol. The number of carbonyl (C=O) groups is 2. The highest BCUT2D eigenvalue weighted by molar-refractivity contribution is 7.99. The van der Waals surface area contributed by atoms with Crippen LogP contribution in [0.2, 0.25) is 0 Å². The topological polar surface area (TPSA) is 96.0 Å². The van der Waals surface area contributed by atoms with E-state index < -0.39 is 0 Å². The monoisotopic (exact) mass is 317 g/mol. The van der Waals surface area contributed by atoms with Gasteiger partial charge in [-0.2, -0.15) is 11.8 Å². The van der Waals surface area contributed by atoms with Crippen LogP contribution in [0.3, 0.4) is 0 Å². The summed E-state index contributed by atoms with van der Waals surface area (Å²) in [7, 11) is 0. The lowest BCUT2D eigenvalue weighted by Gasteiger charge is -2.13. The molecule has 0 aliphatic heterocycles. The van der Waals surface area contributed by atoms with Crippen molar-refractivity contribution in [1.82, 2.24) is 5.32 Å². The summed E-state index contributed by atoms with van der Waals surface area (Å²) >= 11 is 1.69. The summed E-state index contributed by atoms with van der Waals surface area (Å²) in [5.41, 5.74) is 5.41. The molecule has 5 nitrogen and oxygen atoms in total. The fraction of sp³-hybridized carbons (Fsp3) is 0.800. The first-order valence-corrected chi connectivity index (χ1v) is 8.68. The SMILES string of the molecule is CC=N.CCCCNC(=O)CCC(CSCCN)C(C)=O. The number of hydrogen-bond donors (Lipinski definition) is 3. The smallest absolute Gasteiger partial charge is 0.220 e. The Hall–Kier alpha value is -0.880. The number of Topliss-reactive ketones (excluding diaryl/α,β-unsaturated/α-hetero) is 1. The fourth-order valence-corrected chi connectivity index (χ4v) is 2.53. The standard InChI is InChI=1S/C13H26N2O2S.C2H5N/c1-3-4-8-15-13(17)6-5-12(11(2)16)10-18-9-7-14;1-2-3/h12H,3-10,14H2,1-2H3,(H,15,17);2-3H,1H3. The molecule has 0 aliphatic carbocycles. The van der Waals surface area contributed by atoms with Gasteiger partial charge < -0.3 is 16.5 Å². The van der Waals surface area contributed by atoms with Gasteiger partial charge in [-0.1, -0.05) is 13.3 Å². The van der Waals surface area contributed by atoms with Crippen molar-refractivity contribution in [3.8, 4) is 0 Å². The molecule has 0 fully saturated rings. The van der Waals surface area contributed by atoms with E-state index in [9.17, 15) is 9.59 Å². The normalized spacial score (nSPS) is 11.0. The average Bonchev–Trinajstić information content (AvgIpc) is 2.43. The van der Waals surface area contributed by atoms with E-state index in [1.807, 2.05) is 0 Å². The largest absolute Gasteiger partial charge is 0.356 e. The zero-order valence-electron chi connectivity index (χ0n) is 13.6. The van der Waals surface area contributed by atoms with Crippen LogP contribution in [-0.2, 0) is 9.59 Å². The predicted octanol–water partition coefficient (Wildman–Crippen LogP) is 2.24. The summed E-state index contributed by atoms with van der Waals surface area (Å²) in [6, 6.07) is 0. The van der Waals surface area contributed by atoms with Crippen LogP contribution >= 0.6 is 11.8 Å². The van der Waals surface area contributed by atoms with E-state index >= 15 is 0 Å². The first kappa shape index (κ1) is 22.4. The number of carbonyl (C=O) groups excluding carboxylic acids is 2. The molecule has 1 amide bonds. The Balaban J connectivity index is 0. The molecule has 0 aromatic rings. The lowest BCUT2D eigenvalue weighted by molar-refractivity contribution is -0.122. The molecule has 6 heteroatoms. The Bertz CT molecular complexity index is 286. The molecule has 0 aliphatic rings. The van der Waals surface area contributed by atoms with Crippen LogP contribution in [0, 0.1) is 11.3 Å². The number of nitrogens with one attached hydrogen (secondary N) is 2. The highest BCUT2D eigenvalue weighted by atomic mass is 32.2. The van der Waals surface area contributed by atoms with Gasteiger partial charge in [0.05, 0.1) is 0 Å². The second kappa shape index (κ2) is 17.2. The number of unbranched alkanes of at least 4 members (excludes halogenated alkanes) is 1. The number of thioether (sulfide) groups is 1. The zero-order valence-corrected chi connectivity index (χ0v) is 14.4. The van der Waals surface area contributed by atoms with Crippen molar-refractivity contribution in [3.63, 3.8) is 0 Å². The van der Waals surface area contributed by atoms with Crippen LogP contribution in [-0.4, -0.2) is 42.5 Å². The van der Waals surface area contributed by atoms with E-state index in [0.29, 0.717) is 19.4 Å². The number of nitrogens with two attached hydrogens (primary N) is 1. The van der Waals surface area contributed by atoms with Gasteiger partial charge in [0.15, 0.2) is 0 Å². The first-order chi connectivity index (χ1) is 10.0. The third-order valence-corrected chi connectivity index (χ3v) is 3.89. The van der Waals surface area contributed by atoms with Gasteiger partial charge in [-0.25, -0.2) is 0 Å². The minimum atomic E-state index is -0.0153. The third-order valence-electron chi connectivity index (χ3n) is 2.73. The minimum absolute atomic E-state index is 0.0153.